The van der Waals surface area contributed by atoms with Crippen molar-refractivity contribution >= 4 is 29.1 Å². The molecule has 29 heavy (non-hydrogen) atoms. The molecule has 0 aliphatic carbocycles. The van der Waals surface area contributed by atoms with Gasteiger partial charge in [-0.15, -0.1) is 11.3 Å². The van der Waals surface area contributed by atoms with E-state index in [2.05, 4.69) is 16.0 Å². The highest BCUT2D eigenvalue weighted by atomic mass is 32.1. The van der Waals surface area contributed by atoms with Gasteiger partial charge < -0.3 is 16.0 Å². The maximum absolute atomic E-state index is 12.2. The minimum absolute atomic E-state index is 0.0930. The Labute approximate surface area is 173 Å². The van der Waals surface area contributed by atoms with Crippen molar-refractivity contribution in [2.75, 3.05) is 6.54 Å². The van der Waals surface area contributed by atoms with Crippen molar-refractivity contribution in [2.24, 2.45) is 0 Å². The van der Waals surface area contributed by atoms with E-state index < -0.39 is 0 Å². The van der Waals surface area contributed by atoms with Crippen molar-refractivity contribution in [2.45, 2.75) is 13.1 Å². The van der Waals surface area contributed by atoms with E-state index in [1.807, 2.05) is 41.8 Å². The molecule has 0 spiro atoms. The molecule has 3 aromatic rings. The molecule has 0 aliphatic heterocycles. The normalized spacial score (nSPS) is 10.2. The van der Waals surface area contributed by atoms with Gasteiger partial charge in [-0.25, -0.2) is 0 Å². The van der Waals surface area contributed by atoms with Crippen LogP contribution in [0.3, 0.4) is 0 Å². The van der Waals surface area contributed by atoms with E-state index in [4.69, 9.17) is 0 Å². The van der Waals surface area contributed by atoms with Gasteiger partial charge in [0.2, 0.25) is 5.91 Å². The number of hydrogen-bond acceptors (Lipinski definition) is 4. The highest BCUT2D eigenvalue weighted by Gasteiger charge is 2.09. The molecule has 7 heteroatoms. The summed E-state index contributed by atoms with van der Waals surface area (Å²) in [4.78, 5) is 36.7. The molecule has 1 heterocycles. The molecule has 3 N–H and O–H groups in total. The van der Waals surface area contributed by atoms with Gasteiger partial charge in [-0.2, -0.15) is 0 Å². The molecule has 0 unspecified atom stereocenters. The third-order valence-corrected chi connectivity index (χ3v) is 5.02. The SMILES string of the molecule is O=C(CNC(=O)c1ccc(CNC(=O)c2cccs2)cc1)NCc1ccccc1. The van der Waals surface area contributed by atoms with E-state index in [9.17, 15) is 14.4 Å². The number of carbonyl (C=O) groups excluding carboxylic acids is 3. The summed E-state index contributed by atoms with van der Waals surface area (Å²) in [6.07, 6.45) is 0. The number of carbonyl (C=O) groups is 3. The molecule has 6 nitrogen and oxygen atoms in total. The van der Waals surface area contributed by atoms with Crippen molar-refractivity contribution in [3.63, 3.8) is 0 Å². The second-order valence-electron chi connectivity index (χ2n) is 6.30. The van der Waals surface area contributed by atoms with E-state index in [-0.39, 0.29) is 24.3 Å². The monoisotopic (exact) mass is 407 g/mol. The lowest BCUT2D eigenvalue weighted by Gasteiger charge is -2.08. The molecule has 0 aliphatic rings. The molecule has 0 saturated heterocycles. The van der Waals surface area contributed by atoms with Crippen LogP contribution in [0.2, 0.25) is 0 Å². The first kappa shape index (κ1) is 20.3. The minimum Gasteiger partial charge on any atom is -0.350 e. The van der Waals surface area contributed by atoms with Gasteiger partial charge in [0, 0.05) is 18.7 Å². The topological polar surface area (TPSA) is 87.3 Å². The first-order valence-electron chi connectivity index (χ1n) is 9.11. The van der Waals surface area contributed by atoms with Gasteiger partial charge >= 0.3 is 0 Å². The van der Waals surface area contributed by atoms with Crippen molar-refractivity contribution < 1.29 is 14.4 Å². The van der Waals surface area contributed by atoms with Gasteiger partial charge in [0.1, 0.15) is 0 Å². The van der Waals surface area contributed by atoms with Crippen molar-refractivity contribution in [1.29, 1.82) is 0 Å². The molecular weight excluding hydrogens is 386 g/mol. The molecule has 3 amide bonds. The number of benzene rings is 2. The third-order valence-electron chi connectivity index (χ3n) is 4.16. The van der Waals surface area contributed by atoms with Gasteiger partial charge in [0.25, 0.3) is 11.8 Å². The van der Waals surface area contributed by atoms with Crippen molar-refractivity contribution in [3.05, 3.63) is 93.7 Å². The predicted octanol–water partition coefficient (Wildman–Crippen LogP) is 2.72. The van der Waals surface area contributed by atoms with Crippen LogP contribution in [0.1, 0.15) is 31.2 Å². The second-order valence-corrected chi connectivity index (χ2v) is 7.25. The summed E-state index contributed by atoms with van der Waals surface area (Å²) in [5.74, 6) is -0.701. The summed E-state index contributed by atoms with van der Waals surface area (Å²) in [6.45, 7) is 0.701. The van der Waals surface area contributed by atoms with Crippen molar-refractivity contribution in [1.82, 2.24) is 16.0 Å². The zero-order valence-corrected chi connectivity index (χ0v) is 16.5. The molecular formula is C22H21N3O3S. The van der Waals surface area contributed by atoms with Gasteiger partial charge in [0.05, 0.1) is 11.4 Å². The number of rotatable bonds is 8. The van der Waals surface area contributed by atoms with Gasteiger partial charge in [-0.1, -0.05) is 48.5 Å². The van der Waals surface area contributed by atoms with Gasteiger partial charge in [-0.3, -0.25) is 14.4 Å². The van der Waals surface area contributed by atoms with Crippen LogP contribution in [0.4, 0.5) is 0 Å². The fraction of sp³-hybridized carbons (Fsp3) is 0.136. The van der Waals surface area contributed by atoms with Crippen molar-refractivity contribution in [3.8, 4) is 0 Å². The van der Waals surface area contributed by atoms with E-state index in [0.717, 1.165) is 11.1 Å². The first-order valence-corrected chi connectivity index (χ1v) is 9.99. The smallest absolute Gasteiger partial charge is 0.261 e. The Kier molecular flexibility index (Phi) is 7.13. The van der Waals surface area contributed by atoms with Crippen LogP contribution in [0.25, 0.3) is 0 Å². The van der Waals surface area contributed by atoms with Crippen LogP contribution in [0.5, 0.6) is 0 Å². The van der Waals surface area contributed by atoms with E-state index in [1.165, 1.54) is 11.3 Å². The Morgan fingerprint density at radius 3 is 2.07 bits per heavy atom. The Hall–Kier alpha value is -3.45. The zero-order chi connectivity index (χ0) is 20.5. The fourth-order valence-corrected chi connectivity index (χ4v) is 3.21. The first-order chi connectivity index (χ1) is 14.1. The summed E-state index contributed by atoms with van der Waals surface area (Å²) < 4.78 is 0. The lowest BCUT2D eigenvalue weighted by Crippen LogP contribution is -2.36. The molecule has 0 radical (unpaired) electrons. The summed E-state index contributed by atoms with van der Waals surface area (Å²) in [5.41, 5.74) is 2.33. The Balaban J connectivity index is 1.41. The molecule has 3 rings (SSSR count). The van der Waals surface area contributed by atoms with Gasteiger partial charge in [-0.05, 0) is 34.7 Å². The van der Waals surface area contributed by atoms with Gasteiger partial charge in [0.15, 0.2) is 0 Å². The number of thiophene rings is 1. The maximum atomic E-state index is 12.2. The lowest BCUT2D eigenvalue weighted by atomic mass is 10.1. The number of nitrogens with one attached hydrogen (secondary N) is 3. The Bertz CT molecular complexity index is 955. The van der Waals surface area contributed by atoms with Crippen LogP contribution in [-0.4, -0.2) is 24.3 Å². The zero-order valence-electron chi connectivity index (χ0n) is 15.7. The summed E-state index contributed by atoms with van der Waals surface area (Å²) in [6, 6.07) is 20.0. The Morgan fingerprint density at radius 2 is 1.38 bits per heavy atom. The average molecular weight is 407 g/mol. The van der Waals surface area contributed by atoms with E-state index in [0.29, 0.717) is 23.5 Å². The maximum Gasteiger partial charge on any atom is 0.261 e. The Morgan fingerprint density at radius 1 is 0.690 bits per heavy atom. The van der Waals surface area contributed by atoms with Crippen LogP contribution in [-0.2, 0) is 17.9 Å². The quantitative estimate of drug-likeness (QED) is 0.537. The average Bonchev–Trinajstić information content (AvgIpc) is 3.30. The van der Waals surface area contributed by atoms with Crippen LogP contribution < -0.4 is 16.0 Å². The molecule has 1 aromatic heterocycles. The highest BCUT2D eigenvalue weighted by Crippen LogP contribution is 2.09. The summed E-state index contributed by atoms with van der Waals surface area (Å²) >= 11 is 1.38. The van der Waals surface area contributed by atoms with Crippen LogP contribution >= 0.6 is 11.3 Å². The highest BCUT2D eigenvalue weighted by molar-refractivity contribution is 7.12. The number of amides is 3. The van der Waals surface area contributed by atoms with E-state index in [1.54, 1.807) is 30.3 Å². The molecule has 0 saturated carbocycles. The molecule has 0 bridgehead atoms. The molecule has 0 atom stereocenters. The molecule has 2 aromatic carbocycles. The fourth-order valence-electron chi connectivity index (χ4n) is 2.57. The second kappa shape index (κ2) is 10.2. The summed E-state index contributed by atoms with van der Waals surface area (Å²) in [5, 5.41) is 10.1. The standard InChI is InChI=1S/C22H21N3O3S/c26-20(23-13-16-5-2-1-3-6-16)15-25-21(27)18-10-8-17(9-11-18)14-24-22(28)19-7-4-12-29-19/h1-12H,13-15H2,(H,23,26)(H,24,28)(H,25,27). The van der Waals surface area contributed by atoms with E-state index >= 15 is 0 Å². The third kappa shape index (κ3) is 6.29. The largest absolute Gasteiger partial charge is 0.350 e. The lowest BCUT2D eigenvalue weighted by molar-refractivity contribution is -0.120. The molecule has 148 valence electrons. The minimum atomic E-state index is -0.325. The summed E-state index contributed by atoms with van der Waals surface area (Å²) in [7, 11) is 0. The predicted molar refractivity (Wildman–Crippen MR) is 113 cm³/mol. The van der Waals surface area contributed by atoms with Crippen LogP contribution in [0.15, 0.2) is 72.1 Å². The number of hydrogen-bond donors (Lipinski definition) is 3. The molecule has 0 fully saturated rings. The van der Waals surface area contributed by atoms with Crippen LogP contribution in [0, 0.1) is 0 Å².